The maximum absolute atomic E-state index is 12.8. The Balaban J connectivity index is 2.10. The summed E-state index contributed by atoms with van der Waals surface area (Å²) in [7, 11) is -3.79. The average Bonchev–Trinajstić information content (AvgIpc) is 2.68. The van der Waals surface area contributed by atoms with E-state index in [0.717, 1.165) is 34.8 Å². The van der Waals surface area contributed by atoms with Gasteiger partial charge in [0, 0.05) is 10.1 Å². The number of nitrogens with one attached hydrogen (secondary N) is 2. The molecule has 0 bridgehead atoms. The van der Waals surface area contributed by atoms with E-state index in [2.05, 4.69) is 39.6 Å². The number of carbonyl (C=O) groups is 1. The van der Waals surface area contributed by atoms with Crippen LogP contribution in [0.15, 0.2) is 59.5 Å². The van der Waals surface area contributed by atoms with Crippen molar-refractivity contribution in [3.05, 3.63) is 63.7 Å². The van der Waals surface area contributed by atoms with E-state index in [4.69, 9.17) is 0 Å². The van der Waals surface area contributed by atoms with Crippen LogP contribution in [-0.2, 0) is 21.2 Å². The molecule has 0 unspecified atom stereocenters. The number of amides is 1. The van der Waals surface area contributed by atoms with Gasteiger partial charge in [0.05, 0.1) is 4.90 Å². The van der Waals surface area contributed by atoms with Crippen LogP contribution in [0, 0.1) is 3.57 Å². The predicted octanol–water partition coefficient (Wildman–Crippen LogP) is 3.88. The van der Waals surface area contributed by atoms with Gasteiger partial charge in [-0.25, -0.2) is 8.42 Å². The van der Waals surface area contributed by atoms with E-state index in [9.17, 15) is 13.2 Å². The first-order valence-electron chi connectivity index (χ1n) is 9.52. The molecule has 0 aliphatic rings. The number of sulfonamides is 1. The minimum atomic E-state index is -3.79. The van der Waals surface area contributed by atoms with Crippen LogP contribution in [0.4, 0.5) is 0 Å². The highest BCUT2D eigenvalue weighted by Gasteiger charge is 2.25. The molecule has 2 N–H and O–H groups in total. The third-order valence-corrected chi connectivity index (χ3v) is 6.56. The van der Waals surface area contributed by atoms with Crippen LogP contribution < -0.4 is 10.0 Å². The highest BCUT2D eigenvalue weighted by atomic mass is 127. The largest absolute Gasteiger partial charge is 0.355 e. The first-order valence-corrected chi connectivity index (χ1v) is 12.1. The molecular formula is C21H27IN2O3S. The fourth-order valence-electron chi connectivity index (χ4n) is 2.79. The van der Waals surface area contributed by atoms with E-state index < -0.39 is 16.1 Å². The van der Waals surface area contributed by atoms with Crippen LogP contribution in [-0.4, -0.2) is 26.9 Å². The van der Waals surface area contributed by atoms with Gasteiger partial charge >= 0.3 is 0 Å². The molecule has 152 valence electrons. The van der Waals surface area contributed by atoms with Crippen LogP contribution in [0.25, 0.3) is 0 Å². The van der Waals surface area contributed by atoms with E-state index >= 15 is 0 Å². The van der Waals surface area contributed by atoms with Gasteiger partial charge in [-0.2, -0.15) is 4.72 Å². The third kappa shape index (κ3) is 7.52. The molecule has 2 rings (SSSR count). The zero-order valence-electron chi connectivity index (χ0n) is 16.0. The van der Waals surface area contributed by atoms with Crippen molar-refractivity contribution in [2.75, 3.05) is 6.54 Å². The summed E-state index contributed by atoms with van der Waals surface area (Å²) < 4.78 is 29.1. The standard InChI is InChI=1S/C21H27IN2O3S/c1-2-3-4-8-15-23-21(25)20(16-17-9-6-5-7-10-17)24-28(26,27)19-13-11-18(22)12-14-19/h5-7,9-14,20,24H,2-4,8,15-16H2,1H3,(H,23,25)/t20-/m1/s1. The summed E-state index contributed by atoms with van der Waals surface area (Å²) in [5.41, 5.74) is 0.902. The molecule has 0 spiro atoms. The van der Waals surface area contributed by atoms with Gasteiger partial charge in [-0.05, 0) is 65.3 Å². The Morgan fingerprint density at radius 1 is 1.00 bits per heavy atom. The van der Waals surface area contributed by atoms with Crippen molar-refractivity contribution >= 4 is 38.5 Å². The van der Waals surface area contributed by atoms with E-state index in [1.54, 1.807) is 24.3 Å². The van der Waals surface area contributed by atoms with Crippen molar-refractivity contribution in [1.29, 1.82) is 0 Å². The average molecular weight is 514 g/mol. The summed E-state index contributed by atoms with van der Waals surface area (Å²) in [5.74, 6) is -0.297. The minimum Gasteiger partial charge on any atom is -0.355 e. The van der Waals surface area contributed by atoms with Crippen molar-refractivity contribution in [1.82, 2.24) is 10.0 Å². The quantitative estimate of drug-likeness (QED) is 0.353. The third-order valence-electron chi connectivity index (χ3n) is 4.35. The maximum atomic E-state index is 12.8. The lowest BCUT2D eigenvalue weighted by molar-refractivity contribution is -0.122. The topological polar surface area (TPSA) is 75.3 Å². The number of carbonyl (C=O) groups excluding carboxylic acids is 1. The molecule has 2 aromatic carbocycles. The number of unbranched alkanes of at least 4 members (excludes halogenated alkanes) is 3. The van der Waals surface area contributed by atoms with Gasteiger partial charge in [0.1, 0.15) is 6.04 Å². The van der Waals surface area contributed by atoms with Gasteiger partial charge in [0.2, 0.25) is 15.9 Å². The lowest BCUT2D eigenvalue weighted by Crippen LogP contribution is -2.48. The molecule has 0 aromatic heterocycles. The number of rotatable bonds is 11. The summed E-state index contributed by atoms with van der Waals surface area (Å²) >= 11 is 2.12. The van der Waals surface area contributed by atoms with Gasteiger partial charge in [0.25, 0.3) is 0 Å². The normalized spacial score (nSPS) is 12.5. The van der Waals surface area contributed by atoms with E-state index in [1.165, 1.54) is 0 Å². The monoisotopic (exact) mass is 514 g/mol. The van der Waals surface area contributed by atoms with Crippen LogP contribution >= 0.6 is 22.6 Å². The second-order valence-corrected chi connectivity index (χ2v) is 9.63. The van der Waals surface area contributed by atoms with Gasteiger partial charge < -0.3 is 5.32 Å². The lowest BCUT2D eigenvalue weighted by atomic mass is 10.1. The number of halogens is 1. The van der Waals surface area contributed by atoms with Crippen molar-refractivity contribution in [3.8, 4) is 0 Å². The van der Waals surface area contributed by atoms with Crippen LogP contribution in [0.2, 0.25) is 0 Å². The fourth-order valence-corrected chi connectivity index (χ4v) is 4.35. The molecule has 0 heterocycles. The Hall–Kier alpha value is -1.45. The molecule has 0 saturated heterocycles. The predicted molar refractivity (Wildman–Crippen MR) is 121 cm³/mol. The summed E-state index contributed by atoms with van der Waals surface area (Å²) in [6.07, 6.45) is 4.49. The van der Waals surface area contributed by atoms with Crippen molar-refractivity contribution in [2.24, 2.45) is 0 Å². The van der Waals surface area contributed by atoms with E-state index in [1.807, 2.05) is 30.3 Å². The van der Waals surface area contributed by atoms with Crippen molar-refractivity contribution in [3.63, 3.8) is 0 Å². The Bertz CT molecular complexity index is 840. The molecule has 2 aromatic rings. The minimum absolute atomic E-state index is 0.154. The van der Waals surface area contributed by atoms with Gasteiger partial charge in [-0.3, -0.25) is 4.79 Å². The molecule has 0 fully saturated rings. The SMILES string of the molecule is CCCCCCNC(=O)[C@@H](Cc1ccccc1)NS(=O)(=O)c1ccc(I)cc1. The Morgan fingerprint density at radius 2 is 1.68 bits per heavy atom. The smallest absolute Gasteiger partial charge is 0.241 e. The van der Waals surface area contributed by atoms with Crippen molar-refractivity contribution < 1.29 is 13.2 Å². The van der Waals surface area contributed by atoms with Crippen LogP contribution in [0.1, 0.15) is 38.2 Å². The summed E-state index contributed by atoms with van der Waals surface area (Å²) in [6, 6.07) is 15.1. The molecule has 28 heavy (non-hydrogen) atoms. The summed E-state index contributed by atoms with van der Waals surface area (Å²) in [4.78, 5) is 12.9. The van der Waals surface area contributed by atoms with Gasteiger partial charge in [-0.1, -0.05) is 56.5 Å². The Morgan fingerprint density at radius 3 is 2.32 bits per heavy atom. The highest BCUT2D eigenvalue weighted by Crippen LogP contribution is 2.14. The number of benzene rings is 2. The highest BCUT2D eigenvalue weighted by molar-refractivity contribution is 14.1. The van der Waals surface area contributed by atoms with Crippen LogP contribution in [0.5, 0.6) is 0 Å². The van der Waals surface area contributed by atoms with E-state index in [-0.39, 0.29) is 10.8 Å². The molecule has 7 heteroatoms. The molecule has 0 radical (unpaired) electrons. The molecule has 0 aliphatic carbocycles. The number of hydrogen-bond donors (Lipinski definition) is 2. The van der Waals surface area contributed by atoms with Gasteiger partial charge in [0.15, 0.2) is 0 Å². The first-order chi connectivity index (χ1) is 13.4. The zero-order chi connectivity index (χ0) is 20.4. The Kier molecular flexibility index (Phi) is 9.40. The van der Waals surface area contributed by atoms with Gasteiger partial charge in [-0.15, -0.1) is 0 Å². The second kappa shape index (κ2) is 11.5. The van der Waals surface area contributed by atoms with Crippen LogP contribution in [0.3, 0.4) is 0 Å². The Labute approximate surface area is 181 Å². The molecule has 0 aliphatic heterocycles. The maximum Gasteiger partial charge on any atom is 0.241 e. The summed E-state index contributed by atoms with van der Waals surface area (Å²) in [5, 5.41) is 2.88. The zero-order valence-corrected chi connectivity index (χ0v) is 19.0. The molecule has 1 amide bonds. The molecule has 1 atom stereocenters. The second-order valence-electron chi connectivity index (χ2n) is 6.67. The summed E-state index contributed by atoms with van der Waals surface area (Å²) in [6.45, 7) is 2.68. The molecule has 0 saturated carbocycles. The van der Waals surface area contributed by atoms with E-state index in [0.29, 0.717) is 13.0 Å². The van der Waals surface area contributed by atoms with Crippen molar-refractivity contribution in [2.45, 2.75) is 50.0 Å². The first kappa shape index (κ1) is 22.8. The number of hydrogen-bond acceptors (Lipinski definition) is 3. The fraction of sp³-hybridized carbons (Fsp3) is 0.381. The lowest BCUT2D eigenvalue weighted by Gasteiger charge is -2.19. The molecule has 5 nitrogen and oxygen atoms in total. The molecular weight excluding hydrogens is 487 g/mol.